The van der Waals surface area contributed by atoms with Crippen molar-refractivity contribution in [2.24, 2.45) is 0 Å². The van der Waals surface area contributed by atoms with Gasteiger partial charge in [-0.15, -0.1) is 0 Å². The molecule has 0 fully saturated rings. The lowest BCUT2D eigenvalue weighted by Gasteiger charge is -1.97. The third-order valence-corrected chi connectivity index (χ3v) is 1.85. The van der Waals surface area contributed by atoms with E-state index in [0.717, 1.165) is 10.2 Å². The fourth-order valence-corrected chi connectivity index (χ4v) is 1.03. The Balaban J connectivity index is 3.05. The molecule has 0 saturated heterocycles. The minimum atomic E-state index is 0.323. The molecule has 56 valence electrons. The van der Waals surface area contributed by atoms with Crippen LogP contribution in [0.15, 0.2) is 10.7 Å². The Bertz CT molecular complexity index is 303. The summed E-state index contributed by atoms with van der Waals surface area (Å²) in [5.74, 6) is 0.693. The van der Waals surface area contributed by atoms with Crippen LogP contribution in [0.4, 0.5) is 0 Å². The van der Waals surface area contributed by atoms with Gasteiger partial charge in [0.1, 0.15) is 5.82 Å². The molecule has 0 unspecified atom stereocenters. The summed E-state index contributed by atoms with van der Waals surface area (Å²) in [7, 11) is 0. The van der Waals surface area contributed by atoms with Crippen molar-refractivity contribution in [1.29, 1.82) is 5.26 Å². The molecule has 0 atom stereocenters. The van der Waals surface area contributed by atoms with Crippen molar-refractivity contribution in [3.63, 3.8) is 0 Å². The van der Waals surface area contributed by atoms with Crippen LogP contribution < -0.4 is 0 Å². The second kappa shape index (κ2) is 3.44. The first kappa shape index (κ1) is 8.15. The van der Waals surface area contributed by atoms with E-state index in [-0.39, 0.29) is 0 Å². The number of aromatic nitrogens is 2. The number of halogens is 1. The van der Waals surface area contributed by atoms with Crippen LogP contribution in [0.3, 0.4) is 0 Å². The second-order valence-corrected chi connectivity index (χ2v) is 2.90. The van der Waals surface area contributed by atoms with Gasteiger partial charge >= 0.3 is 0 Å². The SMILES string of the molecule is Cc1ncc(Br)c(CC#N)n1. The van der Waals surface area contributed by atoms with Crippen LogP contribution in [-0.4, -0.2) is 9.97 Å². The van der Waals surface area contributed by atoms with Crippen molar-refractivity contribution < 1.29 is 0 Å². The number of aryl methyl sites for hydroxylation is 1. The zero-order valence-electron chi connectivity index (χ0n) is 6.00. The zero-order chi connectivity index (χ0) is 8.27. The third kappa shape index (κ3) is 1.99. The molecule has 0 bridgehead atoms. The molecule has 1 aromatic rings. The first-order valence-electron chi connectivity index (χ1n) is 3.09. The van der Waals surface area contributed by atoms with Gasteiger partial charge in [-0.2, -0.15) is 5.26 Å². The Labute approximate surface area is 73.2 Å². The topological polar surface area (TPSA) is 49.6 Å². The molecule has 0 aliphatic rings. The molecule has 0 aliphatic carbocycles. The largest absolute Gasteiger partial charge is 0.240 e. The van der Waals surface area contributed by atoms with Crippen molar-refractivity contribution in [2.45, 2.75) is 13.3 Å². The van der Waals surface area contributed by atoms with Crippen LogP contribution in [0.25, 0.3) is 0 Å². The Morgan fingerprint density at radius 3 is 3.09 bits per heavy atom. The highest BCUT2D eigenvalue weighted by molar-refractivity contribution is 9.10. The molecular formula is C7H6BrN3. The molecule has 4 heteroatoms. The second-order valence-electron chi connectivity index (χ2n) is 2.05. The molecular weight excluding hydrogens is 206 g/mol. The van der Waals surface area contributed by atoms with Gasteiger partial charge in [0.25, 0.3) is 0 Å². The summed E-state index contributed by atoms with van der Waals surface area (Å²) in [6.45, 7) is 1.80. The molecule has 1 heterocycles. The molecule has 3 nitrogen and oxygen atoms in total. The maximum absolute atomic E-state index is 8.40. The van der Waals surface area contributed by atoms with Crippen molar-refractivity contribution >= 4 is 15.9 Å². The van der Waals surface area contributed by atoms with Gasteiger partial charge in [0, 0.05) is 6.20 Å². The highest BCUT2D eigenvalue weighted by Gasteiger charge is 2.00. The summed E-state index contributed by atoms with van der Waals surface area (Å²) in [4.78, 5) is 8.04. The lowest BCUT2D eigenvalue weighted by molar-refractivity contribution is 0.970. The Hall–Kier alpha value is -0.950. The van der Waals surface area contributed by atoms with Gasteiger partial charge in [-0.25, -0.2) is 9.97 Å². The fraction of sp³-hybridized carbons (Fsp3) is 0.286. The zero-order valence-corrected chi connectivity index (χ0v) is 7.59. The minimum absolute atomic E-state index is 0.323. The van der Waals surface area contributed by atoms with Gasteiger partial charge in [-0.3, -0.25) is 0 Å². The normalized spacial score (nSPS) is 9.18. The summed E-state index contributed by atoms with van der Waals surface area (Å²) >= 11 is 3.26. The summed E-state index contributed by atoms with van der Waals surface area (Å²) in [5, 5.41) is 8.40. The quantitative estimate of drug-likeness (QED) is 0.710. The number of hydrogen-bond donors (Lipinski definition) is 0. The van der Waals surface area contributed by atoms with E-state index >= 15 is 0 Å². The lowest BCUT2D eigenvalue weighted by Crippen LogP contribution is -1.94. The van der Waals surface area contributed by atoms with Gasteiger partial charge in [0.05, 0.1) is 22.7 Å². The third-order valence-electron chi connectivity index (χ3n) is 1.18. The number of nitriles is 1. The predicted molar refractivity (Wildman–Crippen MR) is 43.8 cm³/mol. The molecule has 1 aromatic heterocycles. The van der Waals surface area contributed by atoms with E-state index in [9.17, 15) is 0 Å². The summed E-state index contributed by atoms with van der Waals surface area (Å²) in [6, 6.07) is 2.03. The van der Waals surface area contributed by atoms with Gasteiger partial charge in [-0.05, 0) is 22.9 Å². The molecule has 0 saturated carbocycles. The monoisotopic (exact) mass is 211 g/mol. The molecule has 0 radical (unpaired) electrons. The smallest absolute Gasteiger partial charge is 0.125 e. The average molecular weight is 212 g/mol. The Morgan fingerprint density at radius 1 is 1.73 bits per heavy atom. The van der Waals surface area contributed by atoms with E-state index < -0.39 is 0 Å². The van der Waals surface area contributed by atoms with Crippen molar-refractivity contribution in [2.75, 3.05) is 0 Å². The van der Waals surface area contributed by atoms with E-state index in [1.54, 1.807) is 13.1 Å². The number of nitrogens with zero attached hydrogens (tertiary/aromatic N) is 3. The van der Waals surface area contributed by atoms with E-state index in [1.165, 1.54) is 0 Å². The van der Waals surface area contributed by atoms with Crippen LogP contribution in [0.2, 0.25) is 0 Å². The highest BCUT2D eigenvalue weighted by Crippen LogP contribution is 2.12. The predicted octanol–water partition coefficient (Wildman–Crippen LogP) is 1.61. The summed E-state index contributed by atoms with van der Waals surface area (Å²) < 4.78 is 0.796. The Kier molecular flexibility index (Phi) is 2.55. The first-order valence-corrected chi connectivity index (χ1v) is 3.88. The highest BCUT2D eigenvalue weighted by atomic mass is 79.9. The van der Waals surface area contributed by atoms with Crippen LogP contribution in [-0.2, 0) is 6.42 Å². The van der Waals surface area contributed by atoms with Gasteiger partial charge < -0.3 is 0 Å². The Morgan fingerprint density at radius 2 is 2.45 bits per heavy atom. The molecule has 0 N–H and O–H groups in total. The summed E-state index contributed by atoms with van der Waals surface area (Å²) in [6.07, 6.45) is 1.99. The van der Waals surface area contributed by atoms with Crippen LogP contribution in [0.5, 0.6) is 0 Å². The van der Waals surface area contributed by atoms with Gasteiger partial charge in [-0.1, -0.05) is 0 Å². The number of hydrogen-bond acceptors (Lipinski definition) is 3. The average Bonchev–Trinajstić information content (AvgIpc) is 1.98. The van der Waals surface area contributed by atoms with Crippen LogP contribution >= 0.6 is 15.9 Å². The molecule has 0 spiro atoms. The maximum Gasteiger partial charge on any atom is 0.125 e. The van der Waals surface area contributed by atoms with E-state index in [4.69, 9.17) is 5.26 Å². The standard InChI is InChI=1S/C7H6BrN3/c1-5-10-4-6(8)7(11-5)2-3-9/h4H,2H2,1H3. The molecule has 0 aliphatic heterocycles. The fourth-order valence-electron chi connectivity index (χ4n) is 0.701. The maximum atomic E-state index is 8.40. The van der Waals surface area contributed by atoms with E-state index in [0.29, 0.717) is 12.2 Å². The number of rotatable bonds is 1. The van der Waals surface area contributed by atoms with E-state index in [1.807, 2.05) is 6.07 Å². The van der Waals surface area contributed by atoms with Crippen molar-refractivity contribution in [1.82, 2.24) is 9.97 Å². The first-order chi connectivity index (χ1) is 5.24. The van der Waals surface area contributed by atoms with Gasteiger partial charge in [0.2, 0.25) is 0 Å². The minimum Gasteiger partial charge on any atom is -0.240 e. The van der Waals surface area contributed by atoms with Crippen LogP contribution in [0.1, 0.15) is 11.5 Å². The molecule has 0 amide bonds. The molecule has 1 rings (SSSR count). The summed E-state index contributed by atoms with van der Waals surface area (Å²) in [5.41, 5.74) is 0.750. The van der Waals surface area contributed by atoms with Crippen molar-refractivity contribution in [3.05, 3.63) is 22.2 Å². The lowest BCUT2D eigenvalue weighted by atomic mass is 10.3. The van der Waals surface area contributed by atoms with Crippen molar-refractivity contribution in [3.8, 4) is 6.07 Å². The molecule has 11 heavy (non-hydrogen) atoms. The van der Waals surface area contributed by atoms with E-state index in [2.05, 4.69) is 25.9 Å². The van der Waals surface area contributed by atoms with Gasteiger partial charge in [0.15, 0.2) is 0 Å². The molecule has 0 aromatic carbocycles. The van der Waals surface area contributed by atoms with Crippen LogP contribution in [0, 0.1) is 18.3 Å².